The van der Waals surface area contributed by atoms with Gasteiger partial charge in [-0.1, -0.05) is 0 Å². The topological polar surface area (TPSA) is 69.0 Å². The summed E-state index contributed by atoms with van der Waals surface area (Å²) in [6.07, 6.45) is 3.31. The molecule has 1 atom stereocenters. The van der Waals surface area contributed by atoms with Gasteiger partial charge in [0.15, 0.2) is 5.82 Å². The number of anilines is 1. The molecule has 8 heteroatoms. The van der Waals surface area contributed by atoms with Crippen LogP contribution in [0.4, 0.5) is 5.82 Å². The van der Waals surface area contributed by atoms with E-state index in [2.05, 4.69) is 45.0 Å². The van der Waals surface area contributed by atoms with Crippen LogP contribution in [0.2, 0.25) is 0 Å². The van der Waals surface area contributed by atoms with Crippen LogP contribution in [0.3, 0.4) is 0 Å². The molecule has 0 aromatic carbocycles. The summed E-state index contributed by atoms with van der Waals surface area (Å²) in [5, 5.41) is 9.36. The van der Waals surface area contributed by atoms with Crippen LogP contribution < -0.4 is 4.90 Å². The van der Waals surface area contributed by atoms with Crippen molar-refractivity contribution in [1.29, 1.82) is 0 Å². The van der Waals surface area contributed by atoms with Crippen molar-refractivity contribution in [3.8, 4) is 0 Å². The van der Waals surface area contributed by atoms with Crippen molar-refractivity contribution in [3.63, 3.8) is 0 Å². The Hall–Kier alpha value is -2.06. The normalized spacial score (nSPS) is 18.7. The van der Waals surface area contributed by atoms with Gasteiger partial charge in [0.05, 0.1) is 18.5 Å². The van der Waals surface area contributed by atoms with Gasteiger partial charge in [-0.15, -0.1) is 21.5 Å². The first-order chi connectivity index (χ1) is 11.3. The van der Waals surface area contributed by atoms with Gasteiger partial charge in [0.25, 0.3) is 0 Å². The molecule has 0 radical (unpaired) electrons. The zero-order chi connectivity index (χ0) is 15.8. The van der Waals surface area contributed by atoms with E-state index in [1.807, 2.05) is 4.57 Å². The Kier molecular flexibility index (Phi) is 3.70. The predicted octanol–water partition coefficient (Wildman–Crippen LogP) is 2.19. The minimum Gasteiger partial charge on any atom is -0.366 e. The molecule has 1 aliphatic heterocycles. The SMILES string of the molecule is CCn1cnnc1[C@@H]1CN(c2ncnc3sc(C)cc23)CCO1. The number of aryl methyl sites for hydroxylation is 2. The van der Waals surface area contributed by atoms with Crippen molar-refractivity contribution in [2.45, 2.75) is 26.5 Å². The lowest BCUT2D eigenvalue weighted by molar-refractivity contribution is 0.0314. The van der Waals surface area contributed by atoms with E-state index in [0.717, 1.165) is 41.5 Å². The van der Waals surface area contributed by atoms with Crippen LogP contribution in [0, 0.1) is 6.92 Å². The molecule has 0 saturated carbocycles. The molecule has 1 fully saturated rings. The molecular formula is C15H18N6OS. The monoisotopic (exact) mass is 330 g/mol. The van der Waals surface area contributed by atoms with Crippen LogP contribution in [0.25, 0.3) is 10.2 Å². The van der Waals surface area contributed by atoms with Crippen LogP contribution in [-0.2, 0) is 11.3 Å². The molecular weight excluding hydrogens is 312 g/mol. The molecule has 0 unspecified atom stereocenters. The van der Waals surface area contributed by atoms with Gasteiger partial charge >= 0.3 is 0 Å². The Bertz CT molecular complexity index is 828. The van der Waals surface area contributed by atoms with E-state index in [9.17, 15) is 0 Å². The number of fused-ring (bicyclic) bond motifs is 1. The molecule has 0 aliphatic carbocycles. The smallest absolute Gasteiger partial charge is 0.163 e. The number of rotatable bonds is 3. The third-order valence-electron chi connectivity index (χ3n) is 4.07. The van der Waals surface area contributed by atoms with E-state index >= 15 is 0 Å². The standard InChI is InChI=1S/C15H18N6OS/c1-3-20-9-18-19-14(20)12-7-21(4-5-22-12)13-11-6-10(2)23-15(11)17-8-16-13/h6,8-9,12H,3-5,7H2,1-2H3/t12-/m0/s1. The molecule has 1 aliphatic rings. The molecule has 0 N–H and O–H groups in total. The maximum absolute atomic E-state index is 5.93. The second-order valence-corrected chi connectivity index (χ2v) is 6.79. The van der Waals surface area contributed by atoms with Gasteiger partial charge in [0, 0.05) is 18.0 Å². The molecule has 1 saturated heterocycles. The van der Waals surface area contributed by atoms with E-state index in [1.165, 1.54) is 4.88 Å². The van der Waals surface area contributed by atoms with Crippen LogP contribution >= 0.6 is 11.3 Å². The molecule has 7 nitrogen and oxygen atoms in total. The molecule has 4 heterocycles. The lowest BCUT2D eigenvalue weighted by Gasteiger charge is -2.33. The molecule has 4 rings (SSSR count). The van der Waals surface area contributed by atoms with Crippen molar-refractivity contribution < 1.29 is 4.74 Å². The van der Waals surface area contributed by atoms with Gasteiger partial charge in [-0.3, -0.25) is 0 Å². The number of thiophene rings is 1. The fraction of sp³-hybridized carbons (Fsp3) is 0.467. The average Bonchev–Trinajstić information content (AvgIpc) is 3.19. The Morgan fingerprint density at radius 1 is 1.39 bits per heavy atom. The van der Waals surface area contributed by atoms with Crippen LogP contribution in [-0.4, -0.2) is 44.4 Å². The van der Waals surface area contributed by atoms with Gasteiger partial charge < -0.3 is 14.2 Å². The highest BCUT2D eigenvalue weighted by Gasteiger charge is 2.27. The minimum atomic E-state index is -0.0871. The highest BCUT2D eigenvalue weighted by molar-refractivity contribution is 7.18. The zero-order valence-electron chi connectivity index (χ0n) is 13.1. The molecule has 120 valence electrons. The minimum absolute atomic E-state index is 0.0871. The van der Waals surface area contributed by atoms with Crippen LogP contribution in [0.1, 0.15) is 23.7 Å². The van der Waals surface area contributed by atoms with E-state index in [-0.39, 0.29) is 6.10 Å². The fourth-order valence-electron chi connectivity index (χ4n) is 2.97. The maximum Gasteiger partial charge on any atom is 0.163 e. The summed E-state index contributed by atoms with van der Waals surface area (Å²) in [5.74, 6) is 1.86. The molecule has 3 aromatic rings. The lowest BCUT2D eigenvalue weighted by Crippen LogP contribution is -2.39. The molecule has 0 amide bonds. The number of hydrogen-bond donors (Lipinski definition) is 0. The summed E-state index contributed by atoms with van der Waals surface area (Å²) in [6.45, 7) is 7.20. The van der Waals surface area contributed by atoms with E-state index < -0.39 is 0 Å². The Morgan fingerprint density at radius 3 is 3.17 bits per heavy atom. The number of morpholine rings is 1. The predicted molar refractivity (Wildman–Crippen MR) is 88.8 cm³/mol. The first-order valence-corrected chi connectivity index (χ1v) is 8.53. The third kappa shape index (κ3) is 2.57. The fourth-order valence-corrected chi connectivity index (χ4v) is 3.81. The maximum atomic E-state index is 5.93. The van der Waals surface area contributed by atoms with Crippen molar-refractivity contribution in [2.75, 3.05) is 24.6 Å². The van der Waals surface area contributed by atoms with Gasteiger partial charge in [-0.05, 0) is 19.9 Å². The van der Waals surface area contributed by atoms with Crippen molar-refractivity contribution >= 4 is 27.4 Å². The van der Waals surface area contributed by atoms with E-state index in [0.29, 0.717) is 6.61 Å². The molecule has 23 heavy (non-hydrogen) atoms. The van der Waals surface area contributed by atoms with Crippen molar-refractivity contribution in [3.05, 3.63) is 29.4 Å². The number of aromatic nitrogens is 5. The van der Waals surface area contributed by atoms with Crippen molar-refractivity contribution in [1.82, 2.24) is 24.7 Å². The molecule has 0 spiro atoms. The molecule has 3 aromatic heterocycles. The van der Waals surface area contributed by atoms with Gasteiger partial charge in [0.2, 0.25) is 0 Å². The summed E-state index contributed by atoms with van der Waals surface area (Å²) in [6, 6.07) is 2.16. The zero-order valence-corrected chi connectivity index (χ0v) is 14.0. The van der Waals surface area contributed by atoms with Crippen LogP contribution in [0.15, 0.2) is 18.7 Å². The second-order valence-electron chi connectivity index (χ2n) is 5.55. The first-order valence-electron chi connectivity index (χ1n) is 7.71. The quantitative estimate of drug-likeness (QED) is 0.733. The Morgan fingerprint density at radius 2 is 2.30 bits per heavy atom. The third-order valence-corrected chi connectivity index (χ3v) is 5.03. The van der Waals surface area contributed by atoms with E-state index in [4.69, 9.17) is 4.74 Å². The first kappa shape index (κ1) is 14.5. The number of hydrogen-bond acceptors (Lipinski definition) is 7. The van der Waals surface area contributed by atoms with Crippen LogP contribution in [0.5, 0.6) is 0 Å². The highest BCUT2D eigenvalue weighted by Crippen LogP contribution is 2.32. The summed E-state index contributed by atoms with van der Waals surface area (Å²) in [7, 11) is 0. The van der Waals surface area contributed by atoms with Gasteiger partial charge in [-0.2, -0.15) is 0 Å². The largest absolute Gasteiger partial charge is 0.366 e. The summed E-state index contributed by atoms with van der Waals surface area (Å²) >= 11 is 1.70. The van der Waals surface area contributed by atoms with Crippen molar-refractivity contribution in [2.24, 2.45) is 0 Å². The Balaban J connectivity index is 1.66. The van der Waals surface area contributed by atoms with Gasteiger partial charge in [-0.25, -0.2) is 9.97 Å². The summed E-state index contributed by atoms with van der Waals surface area (Å²) < 4.78 is 7.95. The Labute approximate surface area is 137 Å². The summed E-state index contributed by atoms with van der Waals surface area (Å²) in [5.41, 5.74) is 0. The molecule has 0 bridgehead atoms. The number of ether oxygens (including phenoxy) is 1. The number of nitrogens with zero attached hydrogens (tertiary/aromatic N) is 6. The second kappa shape index (κ2) is 5.86. The summed E-state index contributed by atoms with van der Waals surface area (Å²) in [4.78, 5) is 13.4. The lowest BCUT2D eigenvalue weighted by atomic mass is 10.2. The average molecular weight is 330 g/mol. The highest BCUT2D eigenvalue weighted by atomic mass is 32.1. The van der Waals surface area contributed by atoms with Gasteiger partial charge in [0.1, 0.15) is 29.4 Å². The van der Waals surface area contributed by atoms with E-state index in [1.54, 1.807) is 24.0 Å².